The van der Waals surface area contributed by atoms with Gasteiger partial charge in [-0.05, 0) is 13.0 Å². The molecule has 0 aliphatic carbocycles. The normalized spacial score (nSPS) is 18.6. The molecule has 2 rings (SSSR count). The lowest BCUT2D eigenvalue weighted by atomic mass is 10.5. The Balaban J connectivity index is 2.26. The number of ether oxygens (including phenoxy) is 2. The minimum Gasteiger partial charge on any atom is -0.478 e. The van der Waals surface area contributed by atoms with Crippen LogP contribution in [0.1, 0.15) is 13.2 Å². The predicted molar refractivity (Wildman–Crippen MR) is 53.9 cm³/mol. The summed E-state index contributed by atoms with van der Waals surface area (Å²) in [7, 11) is 0. The van der Waals surface area contributed by atoms with Crippen LogP contribution < -0.4 is 10.4 Å². The van der Waals surface area contributed by atoms with E-state index in [1.165, 1.54) is 22.9 Å². The number of cyclic esters (lactones) is 1. The first-order chi connectivity index (χ1) is 7.70. The maximum atomic E-state index is 11.6. The van der Waals surface area contributed by atoms with Crippen LogP contribution in [0.4, 0.5) is 0 Å². The van der Waals surface area contributed by atoms with Crippen molar-refractivity contribution < 1.29 is 14.3 Å². The largest absolute Gasteiger partial charge is 0.478 e. The van der Waals surface area contributed by atoms with E-state index in [1.807, 2.05) is 0 Å². The van der Waals surface area contributed by atoms with Crippen molar-refractivity contribution in [3.05, 3.63) is 34.9 Å². The molecule has 0 spiro atoms. The maximum Gasteiger partial charge on any atom is 0.354 e. The summed E-state index contributed by atoms with van der Waals surface area (Å²) in [6.45, 7) is 2.24. The van der Waals surface area contributed by atoms with Gasteiger partial charge in [0.05, 0.1) is 6.61 Å². The minimum absolute atomic E-state index is 0.261. The van der Waals surface area contributed by atoms with E-state index in [1.54, 1.807) is 13.0 Å². The first-order valence-electron chi connectivity index (χ1n) is 4.81. The lowest BCUT2D eigenvalue weighted by Crippen LogP contribution is -2.26. The molecular weight excluding hydrogens is 212 g/mol. The molecular formula is C10H10N2O4. The molecule has 6 nitrogen and oxygen atoms in total. The van der Waals surface area contributed by atoms with E-state index in [0.717, 1.165) is 0 Å². The van der Waals surface area contributed by atoms with E-state index in [2.05, 4.69) is 4.98 Å². The monoisotopic (exact) mass is 222 g/mol. The fourth-order valence-electron chi connectivity index (χ4n) is 1.33. The van der Waals surface area contributed by atoms with E-state index in [0.29, 0.717) is 6.61 Å². The molecule has 0 amide bonds. The third-order valence-corrected chi connectivity index (χ3v) is 2.00. The van der Waals surface area contributed by atoms with Crippen LogP contribution >= 0.6 is 0 Å². The average molecular weight is 222 g/mol. The Hall–Kier alpha value is -2.11. The number of aromatic nitrogens is 2. The highest BCUT2D eigenvalue weighted by molar-refractivity contribution is 5.84. The number of hydrogen-bond acceptors (Lipinski definition) is 5. The zero-order valence-electron chi connectivity index (χ0n) is 8.62. The molecule has 84 valence electrons. The van der Waals surface area contributed by atoms with E-state index in [4.69, 9.17) is 9.47 Å². The Bertz CT molecular complexity index is 492. The van der Waals surface area contributed by atoms with E-state index < -0.39 is 17.9 Å². The number of carbonyl (C=O) groups excluding carboxylic acids is 1. The van der Waals surface area contributed by atoms with Gasteiger partial charge in [0, 0.05) is 18.3 Å². The van der Waals surface area contributed by atoms with Crippen molar-refractivity contribution in [1.82, 2.24) is 9.55 Å². The highest BCUT2D eigenvalue weighted by atomic mass is 16.6. The number of hydrogen-bond donors (Lipinski definition) is 0. The molecule has 1 atom stereocenters. The van der Waals surface area contributed by atoms with Crippen LogP contribution in [0.3, 0.4) is 0 Å². The van der Waals surface area contributed by atoms with Gasteiger partial charge in [0.15, 0.2) is 0 Å². The van der Waals surface area contributed by atoms with Crippen LogP contribution in [0.5, 0.6) is 5.88 Å². The van der Waals surface area contributed by atoms with Gasteiger partial charge in [0.1, 0.15) is 0 Å². The molecule has 2 heterocycles. The molecule has 0 saturated carbocycles. The van der Waals surface area contributed by atoms with Gasteiger partial charge in [-0.2, -0.15) is 4.98 Å². The quantitative estimate of drug-likeness (QED) is 0.686. The number of nitrogens with zero attached hydrogens (tertiary/aromatic N) is 2. The Labute approximate surface area is 91.1 Å². The first kappa shape index (κ1) is 10.4. The van der Waals surface area contributed by atoms with Gasteiger partial charge in [-0.15, -0.1) is 0 Å². The second kappa shape index (κ2) is 4.18. The Kier molecular flexibility index (Phi) is 2.72. The molecule has 1 aromatic rings. The van der Waals surface area contributed by atoms with Crippen molar-refractivity contribution in [2.45, 2.75) is 13.2 Å². The van der Waals surface area contributed by atoms with Crippen LogP contribution in [0.15, 0.2) is 29.2 Å². The molecule has 0 fully saturated rings. The summed E-state index contributed by atoms with van der Waals surface area (Å²) in [6.07, 6.45) is 3.54. The summed E-state index contributed by atoms with van der Waals surface area (Å²) >= 11 is 0. The number of carbonyl (C=O) groups is 1. The third-order valence-electron chi connectivity index (χ3n) is 2.00. The lowest BCUT2D eigenvalue weighted by Gasteiger charge is -2.11. The molecule has 1 aliphatic heterocycles. The standard InChI is InChI=1S/C10H10N2O4/c1-2-15-7-5-6-12(10(14)11-7)8-3-4-9(13)16-8/h3-6,8H,2H2,1H3. The van der Waals surface area contributed by atoms with Crippen molar-refractivity contribution >= 4 is 5.97 Å². The van der Waals surface area contributed by atoms with Crippen molar-refractivity contribution in [3.8, 4) is 5.88 Å². The summed E-state index contributed by atoms with van der Waals surface area (Å²) in [4.78, 5) is 26.1. The van der Waals surface area contributed by atoms with Crippen molar-refractivity contribution in [2.24, 2.45) is 0 Å². The molecule has 0 aromatic carbocycles. The predicted octanol–water partition coefficient (Wildman–Crippen LogP) is 0.254. The van der Waals surface area contributed by atoms with Crippen LogP contribution in [0.2, 0.25) is 0 Å². The zero-order valence-corrected chi connectivity index (χ0v) is 8.62. The van der Waals surface area contributed by atoms with Crippen LogP contribution in [0, 0.1) is 0 Å². The highest BCUT2D eigenvalue weighted by Crippen LogP contribution is 2.15. The van der Waals surface area contributed by atoms with Gasteiger partial charge in [-0.3, -0.25) is 4.57 Å². The van der Waals surface area contributed by atoms with Gasteiger partial charge in [-0.25, -0.2) is 9.59 Å². The second-order valence-electron chi connectivity index (χ2n) is 3.08. The van der Waals surface area contributed by atoms with E-state index in [-0.39, 0.29) is 5.88 Å². The van der Waals surface area contributed by atoms with E-state index >= 15 is 0 Å². The fourth-order valence-corrected chi connectivity index (χ4v) is 1.33. The van der Waals surface area contributed by atoms with Gasteiger partial charge in [0.25, 0.3) is 0 Å². The lowest BCUT2D eigenvalue weighted by molar-refractivity contribution is -0.141. The smallest absolute Gasteiger partial charge is 0.354 e. The summed E-state index contributed by atoms with van der Waals surface area (Å²) in [5.74, 6) is -0.206. The highest BCUT2D eigenvalue weighted by Gasteiger charge is 2.19. The summed E-state index contributed by atoms with van der Waals surface area (Å²) in [6, 6.07) is 1.55. The Morgan fingerprint density at radius 2 is 2.38 bits per heavy atom. The Morgan fingerprint density at radius 3 is 2.94 bits per heavy atom. The van der Waals surface area contributed by atoms with Crippen molar-refractivity contribution in [2.75, 3.05) is 6.61 Å². The Morgan fingerprint density at radius 1 is 1.56 bits per heavy atom. The topological polar surface area (TPSA) is 70.4 Å². The minimum atomic E-state index is -0.705. The maximum absolute atomic E-state index is 11.6. The molecule has 1 aromatic heterocycles. The number of esters is 1. The summed E-state index contributed by atoms with van der Waals surface area (Å²) < 4.78 is 11.1. The SMILES string of the molecule is CCOc1ccn(C2C=CC(=O)O2)c(=O)n1. The third kappa shape index (κ3) is 1.95. The van der Waals surface area contributed by atoms with Gasteiger partial charge >= 0.3 is 11.7 Å². The summed E-state index contributed by atoms with van der Waals surface area (Å²) in [5.41, 5.74) is -0.518. The molecule has 0 radical (unpaired) electrons. The van der Waals surface area contributed by atoms with Crippen LogP contribution in [-0.2, 0) is 9.53 Å². The van der Waals surface area contributed by atoms with Crippen molar-refractivity contribution in [3.63, 3.8) is 0 Å². The molecule has 16 heavy (non-hydrogen) atoms. The summed E-state index contributed by atoms with van der Waals surface area (Å²) in [5, 5.41) is 0. The second-order valence-corrected chi connectivity index (χ2v) is 3.08. The van der Waals surface area contributed by atoms with Gasteiger partial charge in [-0.1, -0.05) is 0 Å². The molecule has 0 N–H and O–H groups in total. The molecule has 0 bridgehead atoms. The zero-order chi connectivity index (χ0) is 11.5. The fraction of sp³-hybridized carbons (Fsp3) is 0.300. The average Bonchev–Trinajstić information content (AvgIpc) is 2.65. The first-order valence-corrected chi connectivity index (χ1v) is 4.81. The molecule has 0 saturated heterocycles. The molecule has 6 heteroatoms. The van der Waals surface area contributed by atoms with Gasteiger partial charge < -0.3 is 9.47 Å². The van der Waals surface area contributed by atoms with Crippen LogP contribution in [-0.4, -0.2) is 22.1 Å². The van der Waals surface area contributed by atoms with E-state index in [9.17, 15) is 9.59 Å². The van der Waals surface area contributed by atoms with Gasteiger partial charge in [0.2, 0.25) is 12.1 Å². The van der Waals surface area contributed by atoms with Crippen LogP contribution in [0.25, 0.3) is 0 Å². The molecule has 1 unspecified atom stereocenters. The number of rotatable bonds is 3. The molecule has 1 aliphatic rings. The van der Waals surface area contributed by atoms with Crippen molar-refractivity contribution in [1.29, 1.82) is 0 Å².